The van der Waals surface area contributed by atoms with Crippen LogP contribution in [-0.2, 0) is 0 Å². The second-order valence-electron chi connectivity index (χ2n) is 6.42. The molecule has 0 amide bonds. The number of nitrogens with two attached hydrogens (primary N) is 1. The van der Waals surface area contributed by atoms with Crippen LogP contribution in [-0.4, -0.2) is 11.8 Å². The number of hydrogen-bond acceptors (Lipinski definition) is 3. The molecule has 0 bridgehead atoms. The lowest BCUT2D eigenvalue weighted by molar-refractivity contribution is 0.0943. The van der Waals surface area contributed by atoms with E-state index in [-0.39, 0.29) is 35.0 Å². The van der Waals surface area contributed by atoms with Gasteiger partial charge in [-0.2, -0.15) is 0 Å². The summed E-state index contributed by atoms with van der Waals surface area (Å²) in [6, 6.07) is 5.97. The summed E-state index contributed by atoms with van der Waals surface area (Å²) in [5.74, 6) is -0.465. The Kier molecular flexibility index (Phi) is 3.95. The van der Waals surface area contributed by atoms with E-state index in [0.717, 1.165) is 6.42 Å². The molecule has 1 heterocycles. The van der Waals surface area contributed by atoms with Gasteiger partial charge in [0.1, 0.15) is 0 Å². The Morgan fingerprint density at radius 3 is 2.70 bits per heavy atom. The van der Waals surface area contributed by atoms with E-state index in [0.29, 0.717) is 5.39 Å². The number of ketones is 1. The third-order valence-corrected chi connectivity index (χ3v) is 3.09. The number of fused-ring (bicyclic) bond motifs is 1. The summed E-state index contributed by atoms with van der Waals surface area (Å²) in [7, 11) is 0. The van der Waals surface area contributed by atoms with Gasteiger partial charge in [0.2, 0.25) is 0 Å². The molecular formula is C16H20FNO2. The summed E-state index contributed by atoms with van der Waals surface area (Å²) in [6.07, 6.45) is 0.950. The van der Waals surface area contributed by atoms with Crippen molar-refractivity contribution in [1.29, 1.82) is 0 Å². The maximum Gasteiger partial charge on any atom is 0.199 e. The van der Waals surface area contributed by atoms with E-state index in [1.807, 2.05) is 0 Å². The van der Waals surface area contributed by atoms with Crippen LogP contribution in [0.15, 0.2) is 28.7 Å². The largest absolute Gasteiger partial charge is 0.450 e. The summed E-state index contributed by atoms with van der Waals surface area (Å²) in [5.41, 5.74) is 6.18. The lowest BCUT2D eigenvalue weighted by Gasteiger charge is -2.22. The highest BCUT2D eigenvalue weighted by molar-refractivity contribution is 5.97. The van der Waals surface area contributed by atoms with Crippen LogP contribution in [0.2, 0.25) is 0 Å². The molecule has 0 saturated heterocycles. The Balaban J connectivity index is 2.14. The van der Waals surface area contributed by atoms with Crippen molar-refractivity contribution >= 4 is 16.8 Å². The standard InChI is InChI=1S/C16H20FNO2/c1-16(2,3)9-11(18)8-13(19)14-7-10-5-4-6-12(17)15(10)20-14/h4-7,11H,8-9,18H2,1-3H3. The Labute approximate surface area is 117 Å². The van der Waals surface area contributed by atoms with Crippen LogP contribution in [0.1, 0.15) is 44.2 Å². The quantitative estimate of drug-likeness (QED) is 0.862. The fourth-order valence-electron chi connectivity index (χ4n) is 2.36. The van der Waals surface area contributed by atoms with E-state index in [1.54, 1.807) is 18.2 Å². The monoisotopic (exact) mass is 277 g/mol. The molecule has 0 saturated carbocycles. The highest BCUT2D eigenvalue weighted by atomic mass is 19.1. The molecule has 20 heavy (non-hydrogen) atoms. The summed E-state index contributed by atoms with van der Waals surface area (Å²) in [4.78, 5) is 12.1. The first kappa shape index (κ1) is 14.7. The number of para-hydroxylation sites is 1. The van der Waals surface area contributed by atoms with Gasteiger partial charge in [-0.25, -0.2) is 4.39 Å². The molecule has 3 nitrogen and oxygen atoms in total. The van der Waals surface area contributed by atoms with Gasteiger partial charge in [0.15, 0.2) is 22.9 Å². The summed E-state index contributed by atoms with van der Waals surface area (Å²) in [6.45, 7) is 6.23. The lowest BCUT2D eigenvalue weighted by atomic mass is 9.86. The first-order valence-corrected chi connectivity index (χ1v) is 6.73. The second-order valence-corrected chi connectivity index (χ2v) is 6.42. The first-order valence-electron chi connectivity index (χ1n) is 6.73. The highest BCUT2D eigenvalue weighted by Gasteiger charge is 2.21. The third kappa shape index (κ3) is 3.45. The summed E-state index contributed by atoms with van der Waals surface area (Å²) in [5, 5.41) is 0.595. The molecule has 1 aromatic carbocycles. The molecule has 0 fully saturated rings. The van der Waals surface area contributed by atoms with Gasteiger partial charge in [0, 0.05) is 17.8 Å². The van der Waals surface area contributed by atoms with Crippen molar-refractivity contribution in [3.05, 3.63) is 35.8 Å². The Morgan fingerprint density at radius 2 is 2.10 bits per heavy atom. The molecule has 0 aliphatic heterocycles. The van der Waals surface area contributed by atoms with Crippen LogP contribution < -0.4 is 5.73 Å². The average Bonchev–Trinajstić information content (AvgIpc) is 2.71. The molecule has 108 valence electrons. The van der Waals surface area contributed by atoms with Crippen LogP contribution in [0.4, 0.5) is 4.39 Å². The number of benzene rings is 1. The second kappa shape index (κ2) is 5.37. The van der Waals surface area contributed by atoms with Crippen molar-refractivity contribution in [3.8, 4) is 0 Å². The van der Waals surface area contributed by atoms with Crippen LogP contribution >= 0.6 is 0 Å². The van der Waals surface area contributed by atoms with Gasteiger partial charge in [-0.3, -0.25) is 4.79 Å². The van der Waals surface area contributed by atoms with E-state index in [9.17, 15) is 9.18 Å². The number of rotatable bonds is 4. The van der Waals surface area contributed by atoms with E-state index < -0.39 is 5.82 Å². The molecule has 0 aliphatic carbocycles. The minimum Gasteiger partial charge on any atom is -0.450 e. The van der Waals surface area contributed by atoms with Gasteiger partial charge < -0.3 is 10.2 Å². The van der Waals surface area contributed by atoms with Gasteiger partial charge >= 0.3 is 0 Å². The van der Waals surface area contributed by atoms with Crippen molar-refractivity contribution in [1.82, 2.24) is 0 Å². The number of carbonyl (C=O) groups is 1. The zero-order valence-electron chi connectivity index (χ0n) is 12.1. The van der Waals surface area contributed by atoms with Gasteiger partial charge in [-0.05, 0) is 24.0 Å². The molecule has 1 atom stereocenters. The zero-order chi connectivity index (χ0) is 14.9. The molecule has 0 radical (unpaired) electrons. The Morgan fingerprint density at radius 1 is 1.40 bits per heavy atom. The maximum absolute atomic E-state index is 13.5. The predicted molar refractivity (Wildman–Crippen MR) is 77.2 cm³/mol. The average molecular weight is 277 g/mol. The Bertz CT molecular complexity index is 625. The fraction of sp³-hybridized carbons (Fsp3) is 0.438. The van der Waals surface area contributed by atoms with E-state index in [4.69, 9.17) is 10.2 Å². The van der Waals surface area contributed by atoms with Crippen LogP contribution in [0.5, 0.6) is 0 Å². The zero-order valence-corrected chi connectivity index (χ0v) is 12.1. The van der Waals surface area contributed by atoms with Crippen LogP contribution in [0, 0.1) is 11.2 Å². The highest BCUT2D eigenvalue weighted by Crippen LogP contribution is 2.25. The topological polar surface area (TPSA) is 56.2 Å². The third-order valence-electron chi connectivity index (χ3n) is 3.09. The fourth-order valence-corrected chi connectivity index (χ4v) is 2.36. The van der Waals surface area contributed by atoms with E-state index in [2.05, 4.69) is 20.8 Å². The molecule has 2 N–H and O–H groups in total. The van der Waals surface area contributed by atoms with Crippen molar-refractivity contribution in [2.24, 2.45) is 11.1 Å². The van der Waals surface area contributed by atoms with E-state index >= 15 is 0 Å². The Hall–Kier alpha value is -1.68. The number of hydrogen-bond donors (Lipinski definition) is 1. The number of Topliss-reactive ketones (excluding diaryl/α,β-unsaturated/α-hetero) is 1. The van der Waals surface area contributed by atoms with E-state index in [1.165, 1.54) is 6.07 Å². The normalized spacial score (nSPS) is 13.7. The predicted octanol–water partition coefficient (Wildman–Crippen LogP) is 3.91. The SMILES string of the molecule is CC(C)(C)CC(N)CC(=O)c1cc2cccc(F)c2o1. The maximum atomic E-state index is 13.5. The van der Waals surface area contributed by atoms with Crippen molar-refractivity contribution in [2.45, 2.75) is 39.7 Å². The number of halogens is 1. The van der Waals surface area contributed by atoms with Crippen LogP contribution in [0.3, 0.4) is 0 Å². The van der Waals surface area contributed by atoms with Crippen molar-refractivity contribution < 1.29 is 13.6 Å². The minimum absolute atomic E-state index is 0.0691. The molecule has 4 heteroatoms. The molecule has 1 unspecified atom stereocenters. The van der Waals surface area contributed by atoms with Crippen molar-refractivity contribution in [2.75, 3.05) is 0 Å². The number of carbonyl (C=O) groups excluding carboxylic acids is 1. The van der Waals surface area contributed by atoms with Crippen LogP contribution in [0.25, 0.3) is 11.0 Å². The summed E-state index contributed by atoms with van der Waals surface area (Å²) >= 11 is 0. The van der Waals surface area contributed by atoms with Gasteiger partial charge in [-0.1, -0.05) is 32.9 Å². The molecule has 2 aromatic rings. The lowest BCUT2D eigenvalue weighted by Crippen LogP contribution is -2.28. The molecule has 0 spiro atoms. The van der Waals surface area contributed by atoms with Gasteiger partial charge in [0.25, 0.3) is 0 Å². The minimum atomic E-state index is -0.458. The summed E-state index contributed by atoms with van der Waals surface area (Å²) < 4.78 is 18.8. The van der Waals surface area contributed by atoms with Crippen molar-refractivity contribution in [3.63, 3.8) is 0 Å². The molecular weight excluding hydrogens is 257 g/mol. The molecule has 2 rings (SSSR count). The van der Waals surface area contributed by atoms with Gasteiger partial charge in [-0.15, -0.1) is 0 Å². The molecule has 1 aromatic heterocycles. The number of furan rings is 1. The first-order chi connectivity index (χ1) is 9.26. The van der Waals surface area contributed by atoms with Gasteiger partial charge in [0.05, 0.1) is 0 Å². The smallest absolute Gasteiger partial charge is 0.199 e. The molecule has 0 aliphatic rings.